The Hall–Kier alpha value is -1.67. The molecule has 2 rings (SSSR count). The minimum Gasteiger partial charge on any atom is -0.389 e. The van der Waals surface area contributed by atoms with Crippen molar-refractivity contribution in [2.45, 2.75) is 40.0 Å². The number of aliphatic hydroxyl groups is 1. The highest BCUT2D eigenvalue weighted by atomic mass is 19.1. The van der Waals surface area contributed by atoms with E-state index in [0.29, 0.717) is 0 Å². The fourth-order valence-electron chi connectivity index (χ4n) is 3.17. The van der Waals surface area contributed by atoms with Crippen LogP contribution in [0.1, 0.15) is 51.2 Å². The van der Waals surface area contributed by atoms with Gasteiger partial charge in [0, 0.05) is 0 Å². The molecule has 0 unspecified atom stereocenters. The minimum atomic E-state index is -0.555. The van der Waals surface area contributed by atoms with Crippen LogP contribution < -0.4 is 0 Å². The summed E-state index contributed by atoms with van der Waals surface area (Å²) < 4.78 is 13.2. The number of hydrogen-bond donors (Lipinski definition) is 1. The number of allylic oxidation sites excluding steroid dienone is 3. The van der Waals surface area contributed by atoms with Crippen LogP contribution in [-0.4, -0.2) is 11.7 Å². The molecule has 1 aliphatic rings. The van der Waals surface area contributed by atoms with Crippen LogP contribution in [-0.2, 0) is 0 Å². The smallest absolute Gasteiger partial charge is 0.126 e. The molecule has 0 aromatic heterocycles. The molecule has 1 aromatic carbocycles. The normalized spacial score (nSPS) is 19.0. The molecule has 0 saturated carbocycles. The van der Waals surface area contributed by atoms with E-state index in [4.69, 9.17) is 5.11 Å². The molecule has 1 nitrogen and oxygen atoms in total. The summed E-state index contributed by atoms with van der Waals surface area (Å²) in [4.78, 5) is 0. The van der Waals surface area contributed by atoms with E-state index in [2.05, 4.69) is 32.9 Å². The lowest BCUT2D eigenvalue weighted by Crippen LogP contribution is -2.18. The van der Waals surface area contributed by atoms with Crippen molar-refractivity contribution in [3.05, 3.63) is 58.4 Å². The lowest BCUT2D eigenvalue weighted by molar-refractivity contribution is 0.300. The lowest BCUT2D eigenvalue weighted by Gasteiger charge is -2.32. The van der Waals surface area contributed by atoms with Crippen LogP contribution in [0.25, 0.3) is 12.2 Å². The molecular weight excluding hydrogens is 275 g/mol. The Balaban J connectivity index is 2.25. The standard InChI is InChI=1S/C20H25FO/c1-15-6-5-11-20(2,3)19(15)10-9-16-7-4-8-17(12-16)13-18(21)14-22/h4,7-10,12-13,22H,5-6,11,14H2,1-3H3. The average molecular weight is 300 g/mol. The second kappa shape index (κ2) is 7.06. The summed E-state index contributed by atoms with van der Waals surface area (Å²) in [6, 6.07) is 7.68. The summed E-state index contributed by atoms with van der Waals surface area (Å²) in [6.45, 7) is 6.26. The quantitative estimate of drug-likeness (QED) is 0.775. The SMILES string of the molecule is CC1=C(C=Cc2cccc(C=C(F)CO)c2)C(C)(C)CCC1. The lowest BCUT2D eigenvalue weighted by atomic mass is 9.72. The van der Waals surface area contributed by atoms with E-state index in [1.807, 2.05) is 24.3 Å². The largest absolute Gasteiger partial charge is 0.389 e. The van der Waals surface area contributed by atoms with Gasteiger partial charge in [-0.05, 0) is 60.4 Å². The zero-order chi connectivity index (χ0) is 16.2. The van der Waals surface area contributed by atoms with Crippen LogP contribution in [0.5, 0.6) is 0 Å². The topological polar surface area (TPSA) is 20.2 Å². The van der Waals surface area contributed by atoms with Gasteiger partial charge in [0.25, 0.3) is 0 Å². The molecular formula is C20H25FO. The Morgan fingerprint density at radius 3 is 2.68 bits per heavy atom. The second-order valence-electron chi connectivity index (χ2n) is 6.68. The molecule has 0 amide bonds. The fourth-order valence-corrected chi connectivity index (χ4v) is 3.17. The number of rotatable bonds is 4. The number of hydrogen-bond acceptors (Lipinski definition) is 1. The van der Waals surface area contributed by atoms with Gasteiger partial charge >= 0.3 is 0 Å². The van der Waals surface area contributed by atoms with Crippen LogP contribution in [0.15, 0.2) is 47.3 Å². The van der Waals surface area contributed by atoms with Crippen molar-refractivity contribution >= 4 is 12.2 Å². The summed E-state index contributed by atoms with van der Waals surface area (Å²) in [5.74, 6) is -0.520. The zero-order valence-corrected chi connectivity index (χ0v) is 13.7. The summed E-state index contributed by atoms with van der Waals surface area (Å²) in [5.41, 5.74) is 4.92. The zero-order valence-electron chi connectivity index (χ0n) is 13.7. The molecule has 0 saturated heterocycles. The molecule has 0 spiro atoms. The maximum atomic E-state index is 13.2. The van der Waals surface area contributed by atoms with E-state index in [-0.39, 0.29) is 5.41 Å². The van der Waals surface area contributed by atoms with Gasteiger partial charge in [0.15, 0.2) is 0 Å². The van der Waals surface area contributed by atoms with Gasteiger partial charge in [-0.25, -0.2) is 4.39 Å². The third-order valence-corrected chi connectivity index (χ3v) is 4.37. The monoisotopic (exact) mass is 300 g/mol. The van der Waals surface area contributed by atoms with Crippen molar-refractivity contribution in [1.82, 2.24) is 0 Å². The first-order chi connectivity index (χ1) is 10.4. The van der Waals surface area contributed by atoms with Crippen LogP contribution in [0, 0.1) is 5.41 Å². The van der Waals surface area contributed by atoms with Gasteiger partial charge in [0.1, 0.15) is 5.83 Å². The molecule has 22 heavy (non-hydrogen) atoms. The van der Waals surface area contributed by atoms with Crippen molar-refractivity contribution in [2.75, 3.05) is 6.61 Å². The van der Waals surface area contributed by atoms with Crippen LogP contribution >= 0.6 is 0 Å². The number of aliphatic hydroxyl groups excluding tert-OH is 1. The minimum absolute atomic E-state index is 0.222. The molecule has 1 N–H and O–H groups in total. The molecule has 0 atom stereocenters. The highest BCUT2D eigenvalue weighted by Crippen LogP contribution is 2.40. The third kappa shape index (κ3) is 4.17. The van der Waals surface area contributed by atoms with Crippen molar-refractivity contribution in [2.24, 2.45) is 5.41 Å². The van der Waals surface area contributed by atoms with Crippen molar-refractivity contribution in [1.29, 1.82) is 0 Å². The van der Waals surface area contributed by atoms with E-state index in [9.17, 15) is 4.39 Å². The summed E-state index contributed by atoms with van der Waals surface area (Å²) in [7, 11) is 0. The fraction of sp³-hybridized carbons (Fsp3) is 0.400. The predicted octanol–water partition coefficient (Wildman–Crippen LogP) is 5.53. The van der Waals surface area contributed by atoms with E-state index in [0.717, 1.165) is 11.1 Å². The number of benzene rings is 1. The van der Waals surface area contributed by atoms with Crippen molar-refractivity contribution < 1.29 is 9.50 Å². The Morgan fingerprint density at radius 1 is 1.27 bits per heavy atom. The van der Waals surface area contributed by atoms with Gasteiger partial charge < -0.3 is 5.11 Å². The molecule has 0 bridgehead atoms. The molecule has 118 valence electrons. The number of halogens is 1. The van der Waals surface area contributed by atoms with Gasteiger partial charge in [0.2, 0.25) is 0 Å². The van der Waals surface area contributed by atoms with E-state index >= 15 is 0 Å². The highest BCUT2D eigenvalue weighted by Gasteiger charge is 2.26. The molecule has 0 fully saturated rings. The Bertz CT molecular complexity index is 620. The van der Waals surface area contributed by atoms with Crippen LogP contribution in [0.2, 0.25) is 0 Å². The van der Waals surface area contributed by atoms with Crippen LogP contribution in [0.4, 0.5) is 4.39 Å². The highest BCUT2D eigenvalue weighted by molar-refractivity contribution is 5.60. The summed E-state index contributed by atoms with van der Waals surface area (Å²) >= 11 is 0. The Kier molecular flexibility index (Phi) is 5.36. The summed E-state index contributed by atoms with van der Waals surface area (Å²) in [5, 5.41) is 8.76. The van der Waals surface area contributed by atoms with Gasteiger partial charge in [-0.2, -0.15) is 0 Å². The predicted molar refractivity (Wildman–Crippen MR) is 92.0 cm³/mol. The Labute approximate surface area is 132 Å². The molecule has 0 radical (unpaired) electrons. The van der Waals surface area contributed by atoms with Crippen LogP contribution in [0.3, 0.4) is 0 Å². The second-order valence-corrected chi connectivity index (χ2v) is 6.68. The molecule has 1 aliphatic carbocycles. The Morgan fingerprint density at radius 2 is 2.00 bits per heavy atom. The third-order valence-electron chi connectivity index (χ3n) is 4.37. The maximum Gasteiger partial charge on any atom is 0.126 e. The van der Waals surface area contributed by atoms with Crippen molar-refractivity contribution in [3.8, 4) is 0 Å². The van der Waals surface area contributed by atoms with Crippen molar-refractivity contribution in [3.63, 3.8) is 0 Å². The van der Waals surface area contributed by atoms with Gasteiger partial charge in [0.05, 0.1) is 6.61 Å². The van der Waals surface area contributed by atoms with Gasteiger partial charge in [-0.1, -0.05) is 49.8 Å². The molecule has 2 heteroatoms. The first-order valence-electron chi connectivity index (χ1n) is 7.88. The maximum absolute atomic E-state index is 13.2. The van der Waals surface area contributed by atoms with Gasteiger partial charge in [-0.3, -0.25) is 0 Å². The first kappa shape index (κ1) is 16.7. The average Bonchev–Trinajstić information content (AvgIpc) is 2.46. The first-order valence-corrected chi connectivity index (χ1v) is 7.88. The van der Waals surface area contributed by atoms with E-state index < -0.39 is 12.4 Å². The van der Waals surface area contributed by atoms with Gasteiger partial charge in [-0.15, -0.1) is 0 Å². The molecule has 0 aliphatic heterocycles. The van der Waals surface area contributed by atoms with E-state index in [1.165, 1.54) is 36.5 Å². The van der Waals surface area contributed by atoms with E-state index in [1.54, 1.807) is 0 Å². The summed E-state index contributed by atoms with van der Waals surface area (Å²) in [6.07, 6.45) is 9.32. The molecule has 1 aromatic rings. The molecule has 0 heterocycles.